The largest absolute Gasteiger partial charge is 0.380 e. The minimum absolute atomic E-state index is 0.0328. The van der Waals surface area contributed by atoms with E-state index in [-0.39, 0.29) is 11.0 Å². The molecule has 1 aromatic heterocycles. The number of hydrogen-bond donors (Lipinski definition) is 3. The molecule has 0 aliphatic carbocycles. The van der Waals surface area contributed by atoms with Crippen molar-refractivity contribution < 1.29 is 0 Å². The van der Waals surface area contributed by atoms with Gasteiger partial charge in [0.25, 0.3) is 0 Å². The standard InChI is InChI=1S/C29H42N6/c1-7-9-19-28(3,4)25-32-26(30-22-15-12-11-13-16-22)34-27(33-25)31-23-17-14-18-24(21-23)35-29(5,6)20-10-8-2/h11-18,21,35H,7-10,19-20H2,1-6H3,(H2,30,31,32,33,34). The van der Waals surface area contributed by atoms with Gasteiger partial charge in [0, 0.05) is 28.0 Å². The highest BCUT2D eigenvalue weighted by Crippen LogP contribution is 2.29. The number of unbranched alkanes of at least 4 members (excludes halogenated alkanes) is 2. The summed E-state index contributed by atoms with van der Waals surface area (Å²) in [6.07, 6.45) is 6.82. The Hall–Kier alpha value is -3.15. The van der Waals surface area contributed by atoms with Crippen molar-refractivity contribution >= 4 is 29.0 Å². The van der Waals surface area contributed by atoms with Gasteiger partial charge >= 0.3 is 0 Å². The van der Waals surface area contributed by atoms with Gasteiger partial charge in [-0.25, -0.2) is 0 Å². The van der Waals surface area contributed by atoms with Gasteiger partial charge in [-0.05, 0) is 57.0 Å². The van der Waals surface area contributed by atoms with Crippen molar-refractivity contribution in [1.82, 2.24) is 15.0 Å². The van der Waals surface area contributed by atoms with Crippen LogP contribution in [-0.2, 0) is 5.41 Å². The predicted octanol–water partition coefficient (Wildman–Crippen LogP) is 8.21. The van der Waals surface area contributed by atoms with Crippen LogP contribution in [-0.4, -0.2) is 20.5 Å². The Morgan fingerprint density at radius 3 is 1.89 bits per heavy atom. The molecule has 0 spiro atoms. The maximum atomic E-state index is 4.85. The van der Waals surface area contributed by atoms with Crippen LogP contribution < -0.4 is 16.0 Å². The Labute approximate surface area is 211 Å². The molecular formula is C29H42N6. The molecule has 0 saturated heterocycles. The van der Waals surface area contributed by atoms with Gasteiger partial charge in [-0.3, -0.25) is 0 Å². The number of nitrogens with zero attached hydrogens (tertiary/aromatic N) is 3. The van der Waals surface area contributed by atoms with E-state index in [1.165, 1.54) is 12.8 Å². The van der Waals surface area contributed by atoms with Gasteiger partial charge < -0.3 is 16.0 Å². The maximum absolute atomic E-state index is 4.85. The summed E-state index contributed by atoms with van der Waals surface area (Å²) in [5, 5.41) is 10.4. The molecule has 188 valence electrons. The zero-order valence-electron chi connectivity index (χ0n) is 22.3. The Morgan fingerprint density at radius 1 is 0.657 bits per heavy atom. The highest BCUT2D eigenvalue weighted by atomic mass is 15.2. The first-order valence-electron chi connectivity index (χ1n) is 12.9. The third-order valence-electron chi connectivity index (χ3n) is 6.18. The molecule has 3 aromatic rings. The first-order chi connectivity index (χ1) is 16.7. The fourth-order valence-corrected chi connectivity index (χ4v) is 4.05. The smallest absolute Gasteiger partial charge is 0.232 e. The Kier molecular flexibility index (Phi) is 9.07. The van der Waals surface area contributed by atoms with E-state index in [1.807, 2.05) is 36.4 Å². The predicted molar refractivity (Wildman–Crippen MR) is 149 cm³/mol. The Morgan fingerprint density at radius 2 is 1.23 bits per heavy atom. The van der Waals surface area contributed by atoms with Crippen molar-refractivity contribution in [3.63, 3.8) is 0 Å². The fourth-order valence-electron chi connectivity index (χ4n) is 4.05. The molecule has 0 atom stereocenters. The van der Waals surface area contributed by atoms with Crippen molar-refractivity contribution in [3.8, 4) is 0 Å². The van der Waals surface area contributed by atoms with Gasteiger partial charge in [0.15, 0.2) is 0 Å². The minimum atomic E-state index is -0.158. The van der Waals surface area contributed by atoms with Gasteiger partial charge in [0.2, 0.25) is 11.9 Å². The highest BCUT2D eigenvalue weighted by Gasteiger charge is 2.25. The first-order valence-corrected chi connectivity index (χ1v) is 12.9. The van der Waals surface area contributed by atoms with Crippen molar-refractivity contribution in [2.45, 2.75) is 91.0 Å². The molecular weight excluding hydrogens is 432 g/mol. The van der Waals surface area contributed by atoms with Crippen LogP contribution in [0.4, 0.5) is 29.0 Å². The van der Waals surface area contributed by atoms with Crippen LogP contribution in [0, 0.1) is 0 Å². The average Bonchev–Trinajstić information content (AvgIpc) is 2.82. The summed E-state index contributed by atoms with van der Waals surface area (Å²) in [4.78, 5) is 14.3. The number of hydrogen-bond acceptors (Lipinski definition) is 6. The lowest BCUT2D eigenvalue weighted by Gasteiger charge is -2.28. The Balaban J connectivity index is 1.87. The molecule has 6 nitrogen and oxygen atoms in total. The van der Waals surface area contributed by atoms with Crippen molar-refractivity contribution in [1.29, 1.82) is 0 Å². The number of benzene rings is 2. The lowest BCUT2D eigenvalue weighted by atomic mass is 9.86. The third-order valence-corrected chi connectivity index (χ3v) is 6.18. The number of para-hydroxylation sites is 1. The Bertz CT molecular complexity index is 1060. The molecule has 2 aromatic carbocycles. The van der Waals surface area contributed by atoms with Crippen molar-refractivity contribution in [2.75, 3.05) is 16.0 Å². The highest BCUT2D eigenvalue weighted by molar-refractivity contribution is 5.63. The molecule has 0 unspecified atom stereocenters. The number of rotatable bonds is 13. The average molecular weight is 475 g/mol. The van der Waals surface area contributed by atoms with Crippen LogP contribution in [0.3, 0.4) is 0 Å². The summed E-state index contributed by atoms with van der Waals surface area (Å²) in [6.45, 7) is 13.4. The molecule has 3 rings (SSSR count). The van der Waals surface area contributed by atoms with Crippen molar-refractivity contribution in [3.05, 3.63) is 60.4 Å². The van der Waals surface area contributed by atoms with Crippen LogP contribution >= 0.6 is 0 Å². The lowest BCUT2D eigenvalue weighted by Crippen LogP contribution is -2.30. The first kappa shape index (κ1) is 26.5. The SMILES string of the molecule is CCCCC(C)(C)Nc1cccc(Nc2nc(Nc3ccccc3)nc(C(C)(C)CCCC)n2)c1. The second-order valence-corrected chi connectivity index (χ2v) is 10.6. The number of aromatic nitrogens is 3. The summed E-state index contributed by atoms with van der Waals surface area (Å²) >= 11 is 0. The summed E-state index contributed by atoms with van der Waals surface area (Å²) < 4.78 is 0. The van der Waals surface area contributed by atoms with Crippen molar-refractivity contribution in [2.24, 2.45) is 0 Å². The van der Waals surface area contributed by atoms with Gasteiger partial charge in [-0.15, -0.1) is 0 Å². The monoisotopic (exact) mass is 474 g/mol. The summed E-state index contributed by atoms with van der Waals surface area (Å²) in [7, 11) is 0. The van der Waals surface area contributed by atoms with E-state index in [0.717, 1.165) is 48.6 Å². The summed E-state index contributed by atoms with van der Waals surface area (Å²) in [5.41, 5.74) is 2.84. The molecule has 0 aliphatic heterocycles. The number of anilines is 5. The van der Waals surface area contributed by atoms with Crippen LogP contribution in [0.1, 0.15) is 85.9 Å². The second-order valence-electron chi connectivity index (χ2n) is 10.6. The van der Waals surface area contributed by atoms with E-state index in [0.29, 0.717) is 11.9 Å². The van der Waals surface area contributed by atoms with Gasteiger partial charge in [-0.2, -0.15) is 15.0 Å². The molecule has 1 heterocycles. The molecule has 3 N–H and O–H groups in total. The normalized spacial score (nSPS) is 11.8. The second kappa shape index (κ2) is 12.0. The van der Waals surface area contributed by atoms with E-state index in [1.54, 1.807) is 0 Å². The zero-order chi connectivity index (χ0) is 25.3. The van der Waals surface area contributed by atoms with E-state index in [4.69, 9.17) is 15.0 Å². The van der Waals surface area contributed by atoms with E-state index >= 15 is 0 Å². The van der Waals surface area contributed by atoms with E-state index in [2.05, 4.69) is 75.7 Å². The summed E-state index contributed by atoms with van der Waals surface area (Å²) in [6, 6.07) is 18.3. The van der Waals surface area contributed by atoms with Gasteiger partial charge in [0.1, 0.15) is 5.82 Å². The molecule has 35 heavy (non-hydrogen) atoms. The quantitative estimate of drug-likeness (QED) is 0.232. The van der Waals surface area contributed by atoms with Crippen LogP contribution in [0.25, 0.3) is 0 Å². The topological polar surface area (TPSA) is 74.8 Å². The van der Waals surface area contributed by atoms with Gasteiger partial charge in [-0.1, -0.05) is 77.6 Å². The lowest BCUT2D eigenvalue weighted by molar-refractivity contribution is 0.431. The molecule has 0 bridgehead atoms. The van der Waals surface area contributed by atoms with E-state index in [9.17, 15) is 0 Å². The summed E-state index contributed by atoms with van der Waals surface area (Å²) in [5.74, 6) is 1.88. The molecule has 0 aliphatic rings. The molecule has 6 heteroatoms. The molecule has 0 saturated carbocycles. The van der Waals surface area contributed by atoms with Crippen LogP contribution in [0.15, 0.2) is 54.6 Å². The van der Waals surface area contributed by atoms with Crippen LogP contribution in [0.5, 0.6) is 0 Å². The van der Waals surface area contributed by atoms with Crippen LogP contribution in [0.2, 0.25) is 0 Å². The zero-order valence-corrected chi connectivity index (χ0v) is 22.3. The third kappa shape index (κ3) is 8.23. The van der Waals surface area contributed by atoms with E-state index < -0.39 is 0 Å². The molecule has 0 radical (unpaired) electrons. The molecule has 0 amide bonds. The molecule has 0 fully saturated rings. The van der Waals surface area contributed by atoms with Gasteiger partial charge in [0.05, 0.1) is 0 Å². The number of nitrogens with one attached hydrogen (secondary N) is 3. The fraction of sp³-hybridized carbons (Fsp3) is 0.483. The minimum Gasteiger partial charge on any atom is -0.380 e. The maximum Gasteiger partial charge on any atom is 0.232 e.